The number of hydrogen-bond acceptors (Lipinski definition) is 5. The molecule has 0 fully saturated rings. The largest absolute Gasteiger partial charge is 0.375 e. The van der Waals surface area contributed by atoms with Crippen LogP contribution in [0.1, 0.15) is 0 Å². The van der Waals surface area contributed by atoms with Gasteiger partial charge in [0.1, 0.15) is 0 Å². The molecule has 2 N–H and O–H groups in total. The summed E-state index contributed by atoms with van der Waals surface area (Å²) in [5.74, 6) is 0. The van der Waals surface area contributed by atoms with Gasteiger partial charge in [-0.1, -0.05) is 17.3 Å². The van der Waals surface area contributed by atoms with E-state index in [0.29, 0.717) is 5.13 Å². The van der Waals surface area contributed by atoms with Gasteiger partial charge in [-0.2, -0.15) is 0 Å². The van der Waals surface area contributed by atoms with Gasteiger partial charge in [0.2, 0.25) is 0 Å². The van der Waals surface area contributed by atoms with E-state index < -0.39 is 0 Å². The highest BCUT2D eigenvalue weighted by molar-refractivity contribution is 7.13. The standard InChI is InChI=1S/C11H9N5S/c12-11-14-10(7-17-11)8-1-3-9(4-2-8)16-6-5-13-15-16/h1-7H,(H2,12,14). The number of anilines is 1. The van der Waals surface area contributed by atoms with E-state index in [-0.39, 0.29) is 0 Å². The highest BCUT2D eigenvalue weighted by Crippen LogP contribution is 2.23. The smallest absolute Gasteiger partial charge is 0.180 e. The van der Waals surface area contributed by atoms with Crippen molar-refractivity contribution >= 4 is 16.5 Å². The molecule has 0 saturated carbocycles. The molecule has 0 amide bonds. The van der Waals surface area contributed by atoms with Crippen molar-refractivity contribution in [3.63, 3.8) is 0 Å². The van der Waals surface area contributed by atoms with Crippen LogP contribution in [0.3, 0.4) is 0 Å². The summed E-state index contributed by atoms with van der Waals surface area (Å²) < 4.78 is 1.71. The molecule has 0 atom stereocenters. The Bertz CT molecular complexity index is 612. The minimum Gasteiger partial charge on any atom is -0.375 e. The van der Waals surface area contributed by atoms with Gasteiger partial charge in [-0.25, -0.2) is 9.67 Å². The molecule has 84 valence electrons. The molecule has 5 nitrogen and oxygen atoms in total. The summed E-state index contributed by atoms with van der Waals surface area (Å²) in [5.41, 5.74) is 8.52. The molecule has 0 aliphatic rings. The first-order valence-corrected chi connectivity index (χ1v) is 5.89. The van der Waals surface area contributed by atoms with Gasteiger partial charge in [0.15, 0.2) is 5.13 Å². The Kier molecular flexibility index (Phi) is 2.34. The molecule has 3 aromatic rings. The second kappa shape index (κ2) is 3.99. The number of aromatic nitrogens is 4. The SMILES string of the molecule is Nc1nc(-c2ccc(-n3ccnn3)cc2)cs1. The molecule has 6 heteroatoms. The van der Waals surface area contributed by atoms with Crippen molar-refractivity contribution in [2.75, 3.05) is 5.73 Å². The van der Waals surface area contributed by atoms with Gasteiger partial charge in [0, 0.05) is 10.9 Å². The predicted molar refractivity (Wildman–Crippen MR) is 66.9 cm³/mol. The number of nitrogens with two attached hydrogens (primary N) is 1. The Morgan fingerprint density at radius 2 is 2.00 bits per heavy atom. The number of hydrogen-bond donors (Lipinski definition) is 1. The fourth-order valence-electron chi connectivity index (χ4n) is 1.55. The highest BCUT2D eigenvalue weighted by atomic mass is 32.1. The van der Waals surface area contributed by atoms with E-state index in [1.807, 2.05) is 29.6 Å². The fraction of sp³-hybridized carbons (Fsp3) is 0. The van der Waals surface area contributed by atoms with Crippen LogP contribution in [-0.2, 0) is 0 Å². The van der Waals surface area contributed by atoms with Crippen LogP contribution >= 0.6 is 11.3 Å². The zero-order valence-corrected chi connectivity index (χ0v) is 9.63. The predicted octanol–water partition coefficient (Wildman–Crippen LogP) is 1.97. The molecule has 0 radical (unpaired) electrons. The summed E-state index contributed by atoms with van der Waals surface area (Å²) in [7, 11) is 0. The Morgan fingerprint density at radius 3 is 2.59 bits per heavy atom. The molecule has 3 rings (SSSR count). The summed E-state index contributed by atoms with van der Waals surface area (Å²) >= 11 is 1.44. The van der Waals surface area contributed by atoms with E-state index >= 15 is 0 Å². The van der Waals surface area contributed by atoms with Gasteiger partial charge >= 0.3 is 0 Å². The van der Waals surface area contributed by atoms with Crippen molar-refractivity contribution in [2.45, 2.75) is 0 Å². The van der Waals surface area contributed by atoms with E-state index in [1.165, 1.54) is 11.3 Å². The van der Waals surface area contributed by atoms with Gasteiger partial charge < -0.3 is 5.73 Å². The normalized spacial score (nSPS) is 10.6. The second-order valence-corrected chi connectivity index (χ2v) is 4.36. The third-order valence-electron chi connectivity index (χ3n) is 2.37. The summed E-state index contributed by atoms with van der Waals surface area (Å²) in [4.78, 5) is 4.23. The molecular formula is C11H9N5S. The lowest BCUT2D eigenvalue weighted by molar-refractivity contribution is 0.803. The Hall–Kier alpha value is -2.21. The molecule has 1 aromatic carbocycles. The maximum absolute atomic E-state index is 5.61. The summed E-state index contributed by atoms with van der Waals surface area (Å²) in [6.45, 7) is 0. The summed E-state index contributed by atoms with van der Waals surface area (Å²) in [5, 5.41) is 10.2. The summed E-state index contributed by atoms with van der Waals surface area (Å²) in [6.07, 6.45) is 3.45. The first-order valence-electron chi connectivity index (χ1n) is 5.01. The van der Waals surface area contributed by atoms with Crippen LogP contribution in [0, 0.1) is 0 Å². The van der Waals surface area contributed by atoms with Gasteiger partial charge in [0.25, 0.3) is 0 Å². The van der Waals surface area contributed by atoms with Crippen molar-refractivity contribution in [2.24, 2.45) is 0 Å². The molecule has 0 aliphatic heterocycles. The number of benzene rings is 1. The maximum atomic E-state index is 5.61. The Labute approximate surface area is 102 Å². The van der Waals surface area contributed by atoms with Crippen LogP contribution in [0.4, 0.5) is 5.13 Å². The lowest BCUT2D eigenvalue weighted by Gasteiger charge is -2.01. The molecule has 0 saturated heterocycles. The third kappa shape index (κ3) is 1.90. The average Bonchev–Trinajstić information content (AvgIpc) is 3.00. The van der Waals surface area contributed by atoms with Crippen molar-refractivity contribution in [3.05, 3.63) is 42.0 Å². The van der Waals surface area contributed by atoms with Crippen LogP contribution < -0.4 is 5.73 Å². The number of rotatable bonds is 2. The first kappa shape index (κ1) is 9.98. The van der Waals surface area contributed by atoms with Crippen molar-refractivity contribution in [1.82, 2.24) is 20.0 Å². The monoisotopic (exact) mass is 243 g/mol. The molecule has 17 heavy (non-hydrogen) atoms. The highest BCUT2D eigenvalue weighted by Gasteiger charge is 2.03. The van der Waals surface area contributed by atoms with E-state index in [1.54, 1.807) is 17.1 Å². The van der Waals surface area contributed by atoms with Crippen molar-refractivity contribution < 1.29 is 0 Å². The van der Waals surface area contributed by atoms with Crippen molar-refractivity contribution in [3.8, 4) is 16.9 Å². The van der Waals surface area contributed by atoms with Gasteiger partial charge in [0.05, 0.1) is 23.8 Å². The van der Waals surface area contributed by atoms with Crippen LogP contribution in [0.15, 0.2) is 42.0 Å². The number of nitrogens with zero attached hydrogens (tertiary/aromatic N) is 4. The van der Waals surface area contributed by atoms with Gasteiger partial charge in [-0.05, 0) is 12.1 Å². The van der Waals surface area contributed by atoms with Crippen LogP contribution in [0.5, 0.6) is 0 Å². The minimum absolute atomic E-state index is 0.584. The molecular weight excluding hydrogens is 234 g/mol. The zero-order valence-electron chi connectivity index (χ0n) is 8.82. The van der Waals surface area contributed by atoms with Gasteiger partial charge in [-0.3, -0.25) is 0 Å². The molecule has 2 heterocycles. The topological polar surface area (TPSA) is 69.6 Å². The zero-order chi connectivity index (χ0) is 11.7. The summed E-state index contributed by atoms with van der Waals surface area (Å²) in [6, 6.07) is 7.93. The third-order valence-corrected chi connectivity index (χ3v) is 3.05. The quantitative estimate of drug-likeness (QED) is 0.747. The van der Waals surface area contributed by atoms with Crippen molar-refractivity contribution in [1.29, 1.82) is 0 Å². The van der Waals surface area contributed by atoms with E-state index in [4.69, 9.17) is 5.73 Å². The van der Waals surface area contributed by atoms with E-state index in [0.717, 1.165) is 16.9 Å². The second-order valence-electron chi connectivity index (χ2n) is 3.47. The lowest BCUT2D eigenvalue weighted by Crippen LogP contribution is -1.94. The van der Waals surface area contributed by atoms with E-state index in [2.05, 4.69) is 15.3 Å². The maximum Gasteiger partial charge on any atom is 0.180 e. The van der Waals surface area contributed by atoms with Crippen LogP contribution in [0.2, 0.25) is 0 Å². The minimum atomic E-state index is 0.584. The Morgan fingerprint density at radius 1 is 1.18 bits per heavy atom. The lowest BCUT2D eigenvalue weighted by atomic mass is 10.1. The molecule has 0 unspecified atom stereocenters. The number of nitrogen functional groups attached to an aromatic ring is 1. The molecule has 0 bridgehead atoms. The van der Waals surface area contributed by atoms with Gasteiger partial charge in [-0.15, -0.1) is 16.4 Å². The number of thiazole rings is 1. The Balaban J connectivity index is 1.95. The van der Waals surface area contributed by atoms with Crippen LogP contribution in [-0.4, -0.2) is 20.0 Å². The average molecular weight is 243 g/mol. The molecule has 0 aliphatic carbocycles. The molecule has 0 spiro atoms. The fourth-order valence-corrected chi connectivity index (χ4v) is 2.12. The molecule has 2 aromatic heterocycles. The first-order chi connectivity index (χ1) is 8.33. The van der Waals surface area contributed by atoms with Crippen LogP contribution in [0.25, 0.3) is 16.9 Å². The van der Waals surface area contributed by atoms with E-state index in [9.17, 15) is 0 Å².